The molecule has 6 heteroatoms. The fourth-order valence-electron chi connectivity index (χ4n) is 2.78. The number of thiophene rings is 1. The molecule has 1 aliphatic heterocycles. The number of rotatable bonds is 4. The summed E-state index contributed by atoms with van der Waals surface area (Å²) in [5, 5.41) is 2.00. The summed E-state index contributed by atoms with van der Waals surface area (Å²) in [6.45, 7) is 3.42. The van der Waals surface area contributed by atoms with Crippen LogP contribution in [-0.2, 0) is 11.3 Å². The Morgan fingerprint density at radius 2 is 2.43 bits per heavy atom. The van der Waals surface area contributed by atoms with Crippen molar-refractivity contribution < 1.29 is 9.21 Å². The van der Waals surface area contributed by atoms with Crippen LogP contribution >= 0.6 is 11.3 Å². The van der Waals surface area contributed by atoms with Crippen molar-refractivity contribution in [3.63, 3.8) is 0 Å². The van der Waals surface area contributed by atoms with Crippen LogP contribution in [0.5, 0.6) is 0 Å². The van der Waals surface area contributed by atoms with E-state index in [1.807, 2.05) is 24.4 Å². The first-order chi connectivity index (χ1) is 10.1. The van der Waals surface area contributed by atoms with E-state index in [0.717, 1.165) is 42.1 Å². The van der Waals surface area contributed by atoms with Crippen molar-refractivity contribution in [2.75, 3.05) is 6.54 Å². The van der Waals surface area contributed by atoms with Crippen molar-refractivity contribution in [2.45, 2.75) is 38.8 Å². The Balaban J connectivity index is 1.79. The number of primary amides is 1. The molecule has 3 heterocycles. The molecule has 21 heavy (non-hydrogen) atoms. The standard InChI is InChI=1S/C15H19N3O2S/c1-10-11(17-15(20-10)13-6-4-8-21-13)9-18-7-3-2-5-12(18)14(16)19/h4,6,8,12H,2-3,5,7,9H2,1H3,(H2,16,19)/t12-/m1/s1. The highest BCUT2D eigenvalue weighted by atomic mass is 32.1. The molecule has 1 saturated heterocycles. The first-order valence-corrected chi connectivity index (χ1v) is 8.06. The van der Waals surface area contributed by atoms with Crippen LogP contribution in [0, 0.1) is 6.92 Å². The van der Waals surface area contributed by atoms with Crippen LogP contribution in [0.2, 0.25) is 0 Å². The molecule has 0 spiro atoms. The molecule has 3 rings (SSSR count). The number of likely N-dealkylation sites (tertiary alicyclic amines) is 1. The van der Waals surface area contributed by atoms with Gasteiger partial charge in [-0.25, -0.2) is 4.98 Å². The quantitative estimate of drug-likeness (QED) is 0.942. The van der Waals surface area contributed by atoms with Gasteiger partial charge in [0.1, 0.15) is 5.76 Å². The normalized spacial score (nSPS) is 19.8. The van der Waals surface area contributed by atoms with Gasteiger partial charge in [-0.3, -0.25) is 9.69 Å². The number of carbonyl (C=O) groups excluding carboxylic acids is 1. The lowest BCUT2D eigenvalue weighted by Gasteiger charge is -2.32. The Morgan fingerprint density at radius 3 is 3.14 bits per heavy atom. The van der Waals surface area contributed by atoms with Gasteiger partial charge >= 0.3 is 0 Å². The first kappa shape index (κ1) is 14.3. The third-order valence-electron chi connectivity index (χ3n) is 3.92. The lowest BCUT2D eigenvalue weighted by Crippen LogP contribution is -2.47. The van der Waals surface area contributed by atoms with Gasteiger partial charge in [0, 0.05) is 6.54 Å². The maximum atomic E-state index is 11.6. The zero-order valence-electron chi connectivity index (χ0n) is 12.0. The summed E-state index contributed by atoms with van der Waals surface area (Å²) < 4.78 is 5.75. The molecule has 1 aliphatic rings. The smallest absolute Gasteiger partial charge is 0.236 e. The van der Waals surface area contributed by atoms with Gasteiger partial charge in [0.15, 0.2) is 0 Å². The molecule has 0 unspecified atom stereocenters. The molecule has 2 N–H and O–H groups in total. The van der Waals surface area contributed by atoms with E-state index in [-0.39, 0.29) is 11.9 Å². The third-order valence-corrected chi connectivity index (χ3v) is 4.78. The SMILES string of the molecule is Cc1oc(-c2cccs2)nc1CN1CCCC[C@@H]1C(N)=O. The van der Waals surface area contributed by atoms with E-state index < -0.39 is 0 Å². The van der Waals surface area contributed by atoms with Gasteiger partial charge in [-0.1, -0.05) is 12.5 Å². The Labute approximate surface area is 127 Å². The maximum Gasteiger partial charge on any atom is 0.236 e. The number of aryl methyl sites for hydroxylation is 1. The largest absolute Gasteiger partial charge is 0.440 e. The van der Waals surface area contributed by atoms with Crippen molar-refractivity contribution in [2.24, 2.45) is 5.73 Å². The van der Waals surface area contributed by atoms with Crippen molar-refractivity contribution in [3.8, 4) is 10.8 Å². The van der Waals surface area contributed by atoms with Gasteiger partial charge in [-0.15, -0.1) is 11.3 Å². The van der Waals surface area contributed by atoms with Gasteiger partial charge in [-0.05, 0) is 37.8 Å². The number of aromatic nitrogens is 1. The van der Waals surface area contributed by atoms with Crippen molar-refractivity contribution >= 4 is 17.2 Å². The summed E-state index contributed by atoms with van der Waals surface area (Å²) in [5.74, 6) is 1.23. The summed E-state index contributed by atoms with van der Waals surface area (Å²) in [6, 6.07) is 3.79. The lowest BCUT2D eigenvalue weighted by atomic mass is 10.0. The minimum atomic E-state index is -0.241. The Kier molecular flexibility index (Phi) is 4.07. The summed E-state index contributed by atoms with van der Waals surface area (Å²) in [7, 11) is 0. The zero-order chi connectivity index (χ0) is 14.8. The fourth-order valence-corrected chi connectivity index (χ4v) is 3.42. The van der Waals surface area contributed by atoms with Gasteiger partial charge in [0.05, 0.1) is 16.6 Å². The molecule has 2 aromatic rings. The number of amides is 1. The number of piperidine rings is 1. The highest BCUT2D eigenvalue weighted by molar-refractivity contribution is 7.13. The van der Waals surface area contributed by atoms with E-state index in [0.29, 0.717) is 12.4 Å². The highest BCUT2D eigenvalue weighted by Gasteiger charge is 2.28. The molecule has 1 atom stereocenters. The number of nitrogens with zero attached hydrogens (tertiary/aromatic N) is 2. The summed E-state index contributed by atoms with van der Waals surface area (Å²) in [5.41, 5.74) is 6.40. The van der Waals surface area contributed by atoms with Crippen molar-refractivity contribution in [1.82, 2.24) is 9.88 Å². The maximum absolute atomic E-state index is 11.6. The molecule has 0 aromatic carbocycles. The van der Waals surface area contributed by atoms with Gasteiger partial charge in [-0.2, -0.15) is 0 Å². The zero-order valence-corrected chi connectivity index (χ0v) is 12.9. The topological polar surface area (TPSA) is 72.4 Å². The number of oxazole rings is 1. The van der Waals surface area contributed by atoms with Crippen molar-refractivity contribution in [3.05, 3.63) is 29.0 Å². The Morgan fingerprint density at radius 1 is 1.57 bits per heavy atom. The predicted octanol–water partition coefficient (Wildman–Crippen LogP) is 2.55. The van der Waals surface area contributed by atoms with Gasteiger partial charge in [0.2, 0.25) is 11.8 Å². The number of hydrogen-bond acceptors (Lipinski definition) is 5. The second kappa shape index (κ2) is 5.99. The molecule has 0 aliphatic carbocycles. The third kappa shape index (κ3) is 3.01. The molecule has 0 saturated carbocycles. The van der Waals surface area contributed by atoms with E-state index >= 15 is 0 Å². The van der Waals surface area contributed by atoms with Crippen LogP contribution in [0.3, 0.4) is 0 Å². The molecule has 0 bridgehead atoms. The lowest BCUT2D eigenvalue weighted by molar-refractivity contribution is -0.124. The monoisotopic (exact) mass is 305 g/mol. The second-order valence-electron chi connectivity index (χ2n) is 5.38. The highest BCUT2D eigenvalue weighted by Crippen LogP contribution is 2.27. The fraction of sp³-hybridized carbons (Fsp3) is 0.467. The molecule has 1 fully saturated rings. The summed E-state index contributed by atoms with van der Waals surface area (Å²) in [6.07, 6.45) is 2.99. The minimum Gasteiger partial charge on any atom is -0.440 e. The average molecular weight is 305 g/mol. The van der Waals surface area contributed by atoms with E-state index in [1.54, 1.807) is 11.3 Å². The molecule has 112 valence electrons. The molecule has 5 nitrogen and oxygen atoms in total. The summed E-state index contributed by atoms with van der Waals surface area (Å²) in [4.78, 5) is 19.3. The van der Waals surface area contributed by atoms with E-state index in [9.17, 15) is 4.79 Å². The second-order valence-corrected chi connectivity index (χ2v) is 6.33. The summed E-state index contributed by atoms with van der Waals surface area (Å²) >= 11 is 1.61. The van der Waals surface area contributed by atoms with Crippen LogP contribution in [0.4, 0.5) is 0 Å². The van der Waals surface area contributed by atoms with Crippen molar-refractivity contribution in [1.29, 1.82) is 0 Å². The Bertz CT molecular complexity index is 621. The average Bonchev–Trinajstić information content (AvgIpc) is 3.10. The molecule has 1 amide bonds. The van der Waals surface area contributed by atoms with Crippen LogP contribution in [0.15, 0.2) is 21.9 Å². The number of carbonyl (C=O) groups is 1. The van der Waals surface area contributed by atoms with Crippen LogP contribution in [-0.4, -0.2) is 28.4 Å². The van der Waals surface area contributed by atoms with E-state index in [1.165, 1.54) is 0 Å². The van der Waals surface area contributed by atoms with Crippen LogP contribution in [0.1, 0.15) is 30.7 Å². The van der Waals surface area contributed by atoms with Gasteiger partial charge in [0.25, 0.3) is 0 Å². The molecule has 0 radical (unpaired) electrons. The Hall–Kier alpha value is -1.66. The molecular formula is C15H19N3O2S. The van der Waals surface area contributed by atoms with E-state index in [4.69, 9.17) is 10.2 Å². The number of nitrogens with two attached hydrogens (primary N) is 1. The molecular weight excluding hydrogens is 286 g/mol. The predicted molar refractivity (Wildman–Crippen MR) is 81.8 cm³/mol. The first-order valence-electron chi connectivity index (χ1n) is 7.18. The van der Waals surface area contributed by atoms with Crippen LogP contribution < -0.4 is 5.73 Å². The molecule has 2 aromatic heterocycles. The van der Waals surface area contributed by atoms with E-state index in [2.05, 4.69) is 9.88 Å². The number of hydrogen-bond donors (Lipinski definition) is 1. The van der Waals surface area contributed by atoms with Gasteiger partial charge < -0.3 is 10.2 Å². The minimum absolute atomic E-state index is 0.181. The van der Waals surface area contributed by atoms with Crippen LogP contribution in [0.25, 0.3) is 10.8 Å².